The number of benzene rings is 2. The van der Waals surface area contributed by atoms with Gasteiger partial charge in [-0.15, -0.1) is 0 Å². The van der Waals surface area contributed by atoms with Gasteiger partial charge in [0.05, 0.1) is 13.4 Å². The van der Waals surface area contributed by atoms with Crippen LogP contribution in [0.1, 0.15) is 11.3 Å². The third-order valence-corrected chi connectivity index (χ3v) is 3.57. The van der Waals surface area contributed by atoms with E-state index in [1.165, 1.54) is 16.3 Å². The van der Waals surface area contributed by atoms with E-state index in [0.29, 0.717) is 0 Å². The van der Waals surface area contributed by atoms with Crippen molar-refractivity contribution < 1.29 is 9.15 Å². The Bertz CT molecular complexity index is 704. The van der Waals surface area contributed by atoms with E-state index in [2.05, 4.69) is 35.6 Å². The summed E-state index contributed by atoms with van der Waals surface area (Å²) in [5.74, 6) is 1.92. The fourth-order valence-electron chi connectivity index (χ4n) is 2.41. The number of fused-ring (bicyclic) bond motifs is 1. The maximum atomic E-state index is 5.31. The van der Waals surface area contributed by atoms with Crippen LogP contribution in [0.25, 0.3) is 10.8 Å². The van der Waals surface area contributed by atoms with Gasteiger partial charge < -0.3 is 14.5 Å². The Balaban J connectivity index is 1.59. The minimum Gasteiger partial charge on any atom is -0.497 e. The fraction of sp³-hybridized carbons (Fsp3) is 0.222. The molecule has 0 radical (unpaired) electrons. The minimum absolute atomic E-state index is 0.864. The Morgan fingerprint density at radius 1 is 1.05 bits per heavy atom. The number of rotatable bonds is 6. The minimum atomic E-state index is 0.864. The predicted octanol–water partition coefficient (Wildman–Crippen LogP) is 3.77. The van der Waals surface area contributed by atoms with Crippen LogP contribution in [0.15, 0.2) is 59.2 Å². The van der Waals surface area contributed by atoms with Crippen LogP contribution in [-0.2, 0) is 13.0 Å². The van der Waals surface area contributed by atoms with E-state index in [0.717, 1.165) is 31.0 Å². The zero-order valence-corrected chi connectivity index (χ0v) is 12.1. The molecule has 0 amide bonds. The fourth-order valence-corrected chi connectivity index (χ4v) is 2.41. The normalized spacial score (nSPS) is 10.9. The van der Waals surface area contributed by atoms with Gasteiger partial charge in [-0.2, -0.15) is 0 Å². The molecule has 0 saturated carbocycles. The van der Waals surface area contributed by atoms with Crippen molar-refractivity contribution in [3.05, 3.63) is 66.1 Å². The van der Waals surface area contributed by atoms with Crippen molar-refractivity contribution in [2.24, 2.45) is 0 Å². The van der Waals surface area contributed by atoms with Gasteiger partial charge in [0.1, 0.15) is 11.5 Å². The number of nitrogens with one attached hydrogen (secondary N) is 1. The quantitative estimate of drug-likeness (QED) is 0.698. The maximum absolute atomic E-state index is 5.31. The average Bonchev–Trinajstić information content (AvgIpc) is 3.04. The first-order valence-electron chi connectivity index (χ1n) is 7.15. The lowest BCUT2D eigenvalue weighted by Crippen LogP contribution is -2.16. The van der Waals surface area contributed by atoms with E-state index >= 15 is 0 Å². The Kier molecular flexibility index (Phi) is 4.22. The number of furan rings is 1. The number of hydrogen-bond acceptors (Lipinski definition) is 3. The molecule has 3 rings (SSSR count). The highest BCUT2D eigenvalue weighted by Crippen LogP contribution is 2.21. The lowest BCUT2D eigenvalue weighted by Gasteiger charge is -2.07. The molecule has 0 spiro atoms. The third kappa shape index (κ3) is 3.44. The monoisotopic (exact) mass is 281 g/mol. The van der Waals surface area contributed by atoms with Crippen molar-refractivity contribution in [1.29, 1.82) is 0 Å². The van der Waals surface area contributed by atoms with Crippen LogP contribution in [-0.4, -0.2) is 13.7 Å². The molecule has 0 aliphatic carbocycles. The largest absolute Gasteiger partial charge is 0.497 e. The molecule has 1 N–H and O–H groups in total. The standard InChI is InChI=1S/C18H19NO2/c1-20-18-7-6-15-11-14(4-5-16(15)12-18)13-19-9-8-17-3-2-10-21-17/h2-7,10-12,19H,8-9,13H2,1H3. The molecule has 21 heavy (non-hydrogen) atoms. The van der Waals surface area contributed by atoms with Crippen molar-refractivity contribution in [2.45, 2.75) is 13.0 Å². The van der Waals surface area contributed by atoms with Gasteiger partial charge >= 0.3 is 0 Å². The van der Waals surface area contributed by atoms with E-state index in [1.54, 1.807) is 13.4 Å². The Hall–Kier alpha value is -2.26. The second kappa shape index (κ2) is 6.46. The van der Waals surface area contributed by atoms with E-state index < -0.39 is 0 Å². The molecule has 0 fully saturated rings. The first kappa shape index (κ1) is 13.7. The van der Waals surface area contributed by atoms with Crippen molar-refractivity contribution in [3.63, 3.8) is 0 Å². The van der Waals surface area contributed by atoms with Crippen LogP contribution in [0.4, 0.5) is 0 Å². The molecule has 3 heteroatoms. The van der Waals surface area contributed by atoms with Gasteiger partial charge in [-0.05, 0) is 46.7 Å². The molecule has 1 heterocycles. The van der Waals surface area contributed by atoms with Crippen molar-refractivity contribution >= 4 is 10.8 Å². The van der Waals surface area contributed by atoms with Crippen molar-refractivity contribution in [3.8, 4) is 5.75 Å². The second-order valence-corrected chi connectivity index (χ2v) is 5.05. The first-order valence-corrected chi connectivity index (χ1v) is 7.15. The molecule has 3 aromatic rings. The number of methoxy groups -OCH3 is 1. The van der Waals surface area contributed by atoms with Gasteiger partial charge in [0.2, 0.25) is 0 Å². The van der Waals surface area contributed by atoms with E-state index in [9.17, 15) is 0 Å². The molecule has 2 aromatic carbocycles. The van der Waals surface area contributed by atoms with Crippen LogP contribution in [0, 0.1) is 0 Å². The summed E-state index contributed by atoms with van der Waals surface area (Å²) in [5.41, 5.74) is 1.28. The molecule has 0 aliphatic rings. The van der Waals surface area contributed by atoms with Gasteiger partial charge in [-0.1, -0.05) is 18.2 Å². The summed E-state index contributed by atoms with van der Waals surface area (Å²) in [6.07, 6.45) is 2.63. The number of hydrogen-bond donors (Lipinski definition) is 1. The molecule has 0 aliphatic heterocycles. The SMILES string of the molecule is COc1ccc2cc(CNCCc3ccco3)ccc2c1. The molecule has 0 saturated heterocycles. The number of ether oxygens (including phenoxy) is 1. The van der Waals surface area contributed by atoms with Crippen LogP contribution >= 0.6 is 0 Å². The van der Waals surface area contributed by atoms with Gasteiger partial charge in [0.25, 0.3) is 0 Å². The highest BCUT2D eigenvalue weighted by molar-refractivity contribution is 5.84. The van der Waals surface area contributed by atoms with Gasteiger partial charge in [0, 0.05) is 19.5 Å². The van der Waals surface area contributed by atoms with Crippen molar-refractivity contribution in [1.82, 2.24) is 5.32 Å². The molecule has 0 unspecified atom stereocenters. The zero-order chi connectivity index (χ0) is 14.5. The second-order valence-electron chi connectivity index (χ2n) is 5.05. The van der Waals surface area contributed by atoms with Crippen molar-refractivity contribution in [2.75, 3.05) is 13.7 Å². The van der Waals surface area contributed by atoms with Crippen LogP contribution < -0.4 is 10.1 Å². The smallest absolute Gasteiger partial charge is 0.119 e. The summed E-state index contributed by atoms with van der Waals surface area (Å²) < 4.78 is 10.6. The Labute approximate surface area is 124 Å². The van der Waals surface area contributed by atoms with Crippen LogP contribution in [0.2, 0.25) is 0 Å². The highest BCUT2D eigenvalue weighted by atomic mass is 16.5. The lowest BCUT2D eigenvalue weighted by atomic mass is 10.1. The Morgan fingerprint density at radius 3 is 2.71 bits per heavy atom. The van der Waals surface area contributed by atoms with Gasteiger partial charge in [0.15, 0.2) is 0 Å². The molecule has 0 atom stereocenters. The maximum Gasteiger partial charge on any atom is 0.119 e. The average molecular weight is 281 g/mol. The summed E-state index contributed by atoms with van der Waals surface area (Å²) in [7, 11) is 1.69. The molecular formula is C18H19NO2. The molecule has 3 nitrogen and oxygen atoms in total. The van der Waals surface area contributed by atoms with E-state index in [4.69, 9.17) is 9.15 Å². The lowest BCUT2D eigenvalue weighted by molar-refractivity contribution is 0.415. The summed E-state index contributed by atoms with van der Waals surface area (Å²) in [6, 6.07) is 16.6. The first-order chi connectivity index (χ1) is 10.3. The summed E-state index contributed by atoms with van der Waals surface area (Å²) in [5, 5.41) is 5.88. The van der Waals surface area contributed by atoms with Gasteiger partial charge in [-0.3, -0.25) is 0 Å². The molecule has 108 valence electrons. The van der Waals surface area contributed by atoms with Crippen LogP contribution in [0.5, 0.6) is 5.75 Å². The molecule has 0 bridgehead atoms. The molecule has 1 aromatic heterocycles. The Morgan fingerprint density at radius 2 is 1.90 bits per heavy atom. The van der Waals surface area contributed by atoms with Crippen LogP contribution in [0.3, 0.4) is 0 Å². The summed E-state index contributed by atoms with van der Waals surface area (Å²) in [4.78, 5) is 0. The van der Waals surface area contributed by atoms with E-state index in [1.807, 2.05) is 18.2 Å². The van der Waals surface area contributed by atoms with E-state index in [-0.39, 0.29) is 0 Å². The topological polar surface area (TPSA) is 34.4 Å². The molecular weight excluding hydrogens is 262 g/mol. The highest BCUT2D eigenvalue weighted by Gasteiger charge is 2.00. The zero-order valence-electron chi connectivity index (χ0n) is 12.1. The predicted molar refractivity (Wildman–Crippen MR) is 84.6 cm³/mol. The third-order valence-electron chi connectivity index (χ3n) is 3.57. The van der Waals surface area contributed by atoms with Gasteiger partial charge in [-0.25, -0.2) is 0 Å². The summed E-state index contributed by atoms with van der Waals surface area (Å²) in [6.45, 7) is 1.77. The summed E-state index contributed by atoms with van der Waals surface area (Å²) >= 11 is 0.